The van der Waals surface area contributed by atoms with E-state index >= 15 is 0 Å². The van der Waals surface area contributed by atoms with E-state index in [0.717, 1.165) is 0 Å². The van der Waals surface area contributed by atoms with Gasteiger partial charge in [0.05, 0.1) is 10.3 Å². The Morgan fingerprint density at radius 1 is 0.905 bits per heavy atom. The van der Waals surface area contributed by atoms with E-state index in [0.29, 0.717) is 5.58 Å². The van der Waals surface area contributed by atoms with Gasteiger partial charge in [-0.1, -0.05) is 30.3 Å². The summed E-state index contributed by atoms with van der Waals surface area (Å²) in [6, 6.07) is 14.5. The van der Waals surface area contributed by atoms with Gasteiger partial charge < -0.3 is 4.42 Å². The van der Waals surface area contributed by atoms with Gasteiger partial charge >= 0.3 is 0 Å². The minimum Gasteiger partial charge on any atom is -0.460 e. The lowest BCUT2D eigenvalue weighted by atomic mass is 10.2. The summed E-state index contributed by atoms with van der Waals surface area (Å²) in [7, 11) is -3.90. The Hall–Kier alpha value is -2.40. The predicted octanol–water partition coefficient (Wildman–Crippen LogP) is 2.93. The van der Waals surface area contributed by atoms with Gasteiger partial charge in [0.15, 0.2) is 4.90 Å². The molecule has 21 heavy (non-hydrogen) atoms. The van der Waals surface area contributed by atoms with Crippen LogP contribution in [0.2, 0.25) is 0 Å². The monoisotopic (exact) mass is 300 g/mol. The molecule has 1 aromatic heterocycles. The molecule has 4 nitrogen and oxygen atoms in total. The van der Waals surface area contributed by atoms with Crippen molar-refractivity contribution in [2.75, 3.05) is 0 Å². The zero-order valence-electron chi connectivity index (χ0n) is 11.2. The topological polar surface area (TPSA) is 64.3 Å². The molecule has 2 aromatic carbocycles. The van der Waals surface area contributed by atoms with E-state index in [1.165, 1.54) is 19.1 Å². The van der Waals surface area contributed by atoms with Crippen molar-refractivity contribution < 1.29 is 12.8 Å². The molecule has 0 saturated heterocycles. The number of hydrogen-bond donors (Lipinski definition) is 0. The van der Waals surface area contributed by atoms with E-state index in [-0.39, 0.29) is 20.9 Å². The third-order valence-corrected chi connectivity index (χ3v) is 5.15. The predicted molar refractivity (Wildman–Crippen MR) is 79.1 cm³/mol. The summed E-state index contributed by atoms with van der Waals surface area (Å²) < 4.78 is 30.8. The Morgan fingerprint density at radius 2 is 1.52 bits per heavy atom. The van der Waals surface area contributed by atoms with Gasteiger partial charge in [-0.15, -0.1) is 0 Å². The highest BCUT2D eigenvalue weighted by molar-refractivity contribution is 7.91. The van der Waals surface area contributed by atoms with E-state index in [4.69, 9.17) is 4.42 Å². The molecule has 0 spiro atoms. The maximum Gasteiger partial charge on any atom is 0.213 e. The van der Waals surface area contributed by atoms with Crippen molar-refractivity contribution in [3.63, 3.8) is 0 Å². The lowest BCUT2D eigenvalue weighted by Gasteiger charge is -2.08. The quantitative estimate of drug-likeness (QED) is 0.730. The second-order valence-corrected chi connectivity index (χ2v) is 6.52. The average Bonchev–Trinajstić information content (AvgIpc) is 2.48. The molecule has 0 unspecified atom stereocenters. The summed E-state index contributed by atoms with van der Waals surface area (Å²) in [5.41, 5.74) is -0.148. The number of para-hydroxylation sites is 1. The van der Waals surface area contributed by atoms with Crippen LogP contribution in [0.4, 0.5) is 0 Å². The van der Waals surface area contributed by atoms with Gasteiger partial charge in [-0.2, -0.15) is 0 Å². The highest BCUT2D eigenvalue weighted by Crippen LogP contribution is 2.23. The molecule has 0 bridgehead atoms. The SMILES string of the molecule is Cc1oc2ccccc2c(=O)c1S(=O)(=O)c1ccccc1. The Labute approximate surface area is 121 Å². The highest BCUT2D eigenvalue weighted by Gasteiger charge is 2.26. The molecule has 3 aromatic rings. The van der Waals surface area contributed by atoms with Crippen molar-refractivity contribution in [1.29, 1.82) is 0 Å². The first-order valence-corrected chi connectivity index (χ1v) is 7.83. The second kappa shape index (κ2) is 4.86. The zero-order chi connectivity index (χ0) is 15.0. The van der Waals surface area contributed by atoms with Crippen molar-refractivity contribution in [3.8, 4) is 0 Å². The van der Waals surface area contributed by atoms with Gasteiger partial charge in [-0.3, -0.25) is 4.79 Å². The lowest BCUT2D eigenvalue weighted by Crippen LogP contribution is -2.17. The Bertz CT molecular complexity index is 970. The summed E-state index contributed by atoms with van der Waals surface area (Å²) in [5, 5.41) is 0.262. The van der Waals surface area contributed by atoms with Crippen molar-refractivity contribution in [2.24, 2.45) is 0 Å². The maximum absolute atomic E-state index is 12.7. The summed E-state index contributed by atoms with van der Waals surface area (Å²) >= 11 is 0. The van der Waals surface area contributed by atoms with Crippen LogP contribution < -0.4 is 5.43 Å². The van der Waals surface area contributed by atoms with Gasteiger partial charge in [-0.25, -0.2) is 8.42 Å². The summed E-state index contributed by atoms with van der Waals surface area (Å²) in [5.74, 6) is 0.0996. The number of fused-ring (bicyclic) bond motifs is 1. The summed E-state index contributed by atoms with van der Waals surface area (Å²) in [6.45, 7) is 1.49. The molecule has 0 saturated carbocycles. The molecular formula is C16H12O4S. The van der Waals surface area contributed by atoms with E-state index in [1.54, 1.807) is 42.5 Å². The third kappa shape index (κ3) is 2.15. The fourth-order valence-corrected chi connectivity index (χ4v) is 3.79. The third-order valence-electron chi connectivity index (χ3n) is 3.24. The number of aryl methyl sites for hydroxylation is 1. The molecule has 5 heteroatoms. The van der Waals surface area contributed by atoms with Gasteiger partial charge in [0, 0.05) is 0 Å². The van der Waals surface area contributed by atoms with Crippen LogP contribution in [-0.2, 0) is 9.84 Å². The second-order valence-electron chi connectivity index (χ2n) is 4.63. The average molecular weight is 300 g/mol. The van der Waals surface area contributed by atoms with Crippen molar-refractivity contribution in [3.05, 3.63) is 70.6 Å². The van der Waals surface area contributed by atoms with Crippen LogP contribution in [0.5, 0.6) is 0 Å². The molecule has 3 rings (SSSR count). The van der Waals surface area contributed by atoms with E-state index < -0.39 is 15.3 Å². The van der Waals surface area contributed by atoms with E-state index in [1.807, 2.05) is 0 Å². The van der Waals surface area contributed by atoms with Crippen LogP contribution in [0.3, 0.4) is 0 Å². The van der Waals surface area contributed by atoms with E-state index in [9.17, 15) is 13.2 Å². The largest absolute Gasteiger partial charge is 0.460 e. The number of hydrogen-bond acceptors (Lipinski definition) is 4. The van der Waals surface area contributed by atoms with Crippen LogP contribution in [-0.4, -0.2) is 8.42 Å². The van der Waals surface area contributed by atoms with Crippen LogP contribution in [0.25, 0.3) is 11.0 Å². The Balaban J connectivity index is 2.39. The van der Waals surface area contributed by atoms with Crippen LogP contribution in [0.15, 0.2) is 73.6 Å². The first-order valence-electron chi connectivity index (χ1n) is 6.34. The molecule has 106 valence electrons. The Kier molecular flexibility index (Phi) is 3.14. The van der Waals surface area contributed by atoms with Crippen molar-refractivity contribution in [1.82, 2.24) is 0 Å². The van der Waals surface area contributed by atoms with Crippen molar-refractivity contribution in [2.45, 2.75) is 16.7 Å². The van der Waals surface area contributed by atoms with E-state index in [2.05, 4.69) is 0 Å². The molecule has 0 aliphatic rings. The Morgan fingerprint density at radius 3 is 2.24 bits per heavy atom. The molecule has 0 N–H and O–H groups in total. The molecule has 0 atom stereocenters. The molecule has 0 fully saturated rings. The van der Waals surface area contributed by atoms with Crippen LogP contribution in [0, 0.1) is 6.92 Å². The number of benzene rings is 2. The number of sulfone groups is 1. The van der Waals surface area contributed by atoms with Crippen LogP contribution in [0.1, 0.15) is 5.76 Å². The van der Waals surface area contributed by atoms with Gasteiger partial charge in [-0.05, 0) is 31.2 Å². The highest BCUT2D eigenvalue weighted by atomic mass is 32.2. The minimum absolute atomic E-state index is 0.0793. The first kappa shape index (κ1) is 13.6. The molecular weight excluding hydrogens is 288 g/mol. The zero-order valence-corrected chi connectivity index (χ0v) is 12.1. The maximum atomic E-state index is 12.7. The molecule has 1 heterocycles. The van der Waals surface area contributed by atoms with Gasteiger partial charge in [0.2, 0.25) is 15.3 Å². The standard InChI is InChI=1S/C16H12O4S/c1-11-16(21(18,19)12-7-3-2-4-8-12)15(17)13-9-5-6-10-14(13)20-11/h2-10H,1H3. The number of rotatable bonds is 2. The first-order chi connectivity index (χ1) is 10.0. The lowest BCUT2D eigenvalue weighted by molar-refractivity contribution is 0.535. The molecule has 0 radical (unpaired) electrons. The van der Waals surface area contributed by atoms with Gasteiger partial charge in [0.25, 0.3) is 0 Å². The fourth-order valence-electron chi connectivity index (χ4n) is 2.27. The normalized spacial score (nSPS) is 11.7. The van der Waals surface area contributed by atoms with Gasteiger partial charge in [0.1, 0.15) is 11.3 Å². The minimum atomic E-state index is -3.90. The molecule has 0 amide bonds. The fraction of sp³-hybridized carbons (Fsp3) is 0.0625. The van der Waals surface area contributed by atoms with Crippen molar-refractivity contribution >= 4 is 20.8 Å². The summed E-state index contributed by atoms with van der Waals surface area (Å²) in [4.78, 5) is 12.3. The summed E-state index contributed by atoms with van der Waals surface area (Å²) in [6.07, 6.45) is 0. The van der Waals surface area contributed by atoms with Crippen LogP contribution >= 0.6 is 0 Å². The smallest absolute Gasteiger partial charge is 0.213 e. The molecule has 0 aliphatic heterocycles. The molecule has 0 aliphatic carbocycles.